The number of ether oxygens (including phenoxy) is 2. The van der Waals surface area contributed by atoms with E-state index in [1.54, 1.807) is 0 Å². The number of thioether (sulfide) groups is 1. The van der Waals surface area contributed by atoms with Crippen LogP contribution in [0.1, 0.15) is 18.1 Å². The minimum absolute atomic E-state index is 0.171. The average Bonchev–Trinajstić information content (AvgIpc) is 2.63. The lowest BCUT2D eigenvalue weighted by atomic mass is 10.1. The van der Waals surface area contributed by atoms with Crippen LogP contribution in [-0.4, -0.2) is 30.8 Å². The molecule has 0 saturated carbocycles. The maximum atomic E-state index is 11.8. The van der Waals surface area contributed by atoms with Gasteiger partial charge < -0.3 is 9.47 Å². The van der Waals surface area contributed by atoms with Crippen LogP contribution in [0.2, 0.25) is 0 Å². The quantitative estimate of drug-likeness (QED) is 0.537. The van der Waals surface area contributed by atoms with Gasteiger partial charge in [-0.3, -0.25) is 20.4 Å². The van der Waals surface area contributed by atoms with Gasteiger partial charge in [0.25, 0.3) is 5.91 Å². The Kier molecular flexibility index (Phi) is 8.00. The van der Waals surface area contributed by atoms with Gasteiger partial charge in [-0.15, -0.1) is 11.8 Å². The fourth-order valence-electron chi connectivity index (χ4n) is 2.32. The summed E-state index contributed by atoms with van der Waals surface area (Å²) in [6, 6.07) is 13.2. The molecule has 2 N–H and O–H groups in total. The number of hydrogen-bond donors (Lipinski definition) is 2. The highest BCUT2D eigenvalue weighted by Gasteiger charge is 2.07. The molecule has 2 rings (SSSR count). The van der Waals surface area contributed by atoms with Crippen molar-refractivity contribution < 1.29 is 19.1 Å². The van der Waals surface area contributed by atoms with E-state index >= 15 is 0 Å². The summed E-state index contributed by atoms with van der Waals surface area (Å²) in [5, 5.41) is 0. The third-order valence-electron chi connectivity index (χ3n) is 3.41. The first-order valence-corrected chi connectivity index (χ1v) is 9.59. The summed E-state index contributed by atoms with van der Waals surface area (Å²) >= 11 is 1.37. The number of carbonyl (C=O) groups excluding carboxylic acids is 2. The Morgan fingerprint density at radius 1 is 0.889 bits per heavy atom. The third-order valence-corrected chi connectivity index (χ3v) is 4.42. The van der Waals surface area contributed by atoms with E-state index in [0.717, 1.165) is 21.8 Å². The van der Waals surface area contributed by atoms with E-state index in [9.17, 15) is 9.59 Å². The molecule has 2 aromatic rings. The van der Waals surface area contributed by atoms with Crippen LogP contribution in [0.3, 0.4) is 0 Å². The van der Waals surface area contributed by atoms with Crippen molar-refractivity contribution in [3.05, 3.63) is 53.6 Å². The predicted octanol–water partition coefficient (Wildman–Crippen LogP) is 3.02. The maximum absolute atomic E-state index is 11.8. The maximum Gasteiger partial charge on any atom is 0.276 e. The Morgan fingerprint density at radius 2 is 1.52 bits per heavy atom. The molecule has 144 valence electrons. The number of hydrogen-bond acceptors (Lipinski definition) is 5. The zero-order valence-electron chi connectivity index (χ0n) is 15.7. The number of hydrazine groups is 1. The lowest BCUT2D eigenvalue weighted by Crippen LogP contribution is -2.44. The summed E-state index contributed by atoms with van der Waals surface area (Å²) in [4.78, 5) is 24.6. The molecule has 0 radical (unpaired) electrons. The molecule has 0 aromatic heterocycles. The van der Waals surface area contributed by atoms with Crippen molar-refractivity contribution in [3.8, 4) is 11.5 Å². The van der Waals surface area contributed by atoms with E-state index in [-0.39, 0.29) is 18.3 Å². The molecule has 0 fully saturated rings. The Balaban J connectivity index is 1.67. The molecular formula is C20H24N2O4S. The van der Waals surface area contributed by atoms with Gasteiger partial charge in [-0.1, -0.05) is 6.07 Å². The predicted molar refractivity (Wildman–Crippen MR) is 106 cm³/mol. The van der Waals surface area contributed by atoms with Crippen LogP contribution in [0, 0.1) is 13.8 Å². The van der Waals surface area contributed by atoms with E-state index in [4.69, 9.17) is 9.47 Å². The van der Waals surface area contributed by atoms with Gasteiger partial charge >= 0.3 is 0 Å². The monoisotopic (exact) mass is 388 g/mol. The molecule has 0 bridgehead atoms. The van der Waals surface area contributed by atoms with Crippen molar-refractivity contribution >= 4 is 23.6 Å². The molecule has 0 aliphatic carbocycles. The molecule has 0 atom stereocenters. The molecule has 0 heterocycles. The molecule has 27 heavy (non-hydrogen) atoms. The number of carbonyl (C=O) groups is 2. The highest BCUT2D eigenvalue weighted by Crippen LogP contribution is 2.21. The second-order valence-corrected chi connectivity index (χ2v) is 6.95. The molecule has 6 nitrogen and oxygen atoms in total. The molecule has 2 aromatic carbocycles. The van der Waals surface area contributed by atoms with Crippen LogP contribution in [0.5, 0.6) is 11.5 Å². The number of amides is 2. The van der Waals surface area contributed by atoms with Crippen LogP contribution in [0.15, 0.2) is 47.4 Å². The summed E-state index contributed by atoms with van der Waals surface area (Å²) in [5.41, 5.74) is 6.85. The van der Waals surface area contributed by atoms with Crippen molar-refractivity contribution in [1.29, 1.82) is 0 Å². The minimum atomic E-state index is -0.423. The SMILES string of the molecule is CCOc1ccc(SCC(=O)NNC(=O)COc2cc(C)cc(C)c2)cc1. The van der Waals surface area contributed by atoms with Crippen LogP contribution in [0.25, 0.3) is 0 Å². The normalized spacial score (nSPS) is 10.2. The van der Waals surface area contributed by atoms with Crippen LogP contribution >= 0.6 is 11.8 Å². The molecule has 0 unspecified atom stereocenters. The van der Waals surface area contributed by atoms with Gasteiger partial charge in [0.15, 0.2) is 6.61 Å². The number of aryl methyl sites for hydroxylation is 2. The minimum Gasteiger partial charge on any atom is -0.494 e. The summed E-state index contributed by atoms with van der Waals surface area (Å²) in [7, 11) is 0. The fourth-order valence-corrected chi connectivity index (χ4v) is 3.02. The summed E-state index contributed by atoms with van der Waals surface area (Å²) in [6.45, 7) is 6.29. The molecule has 0 aliphatic rings. The average molecular weight is 388 g/mol. The molecule has 0 aliphatic heterocycles. The largest absolute Gasteiger partial charge is 0.494 e. The van der Waals surface area contributed by atoms with Crippen molar-refractivity contribution in [2.75, 3.05) is 19.0 Å². The Morgan fingerprint density at radius 3 is 2.15 bits per heavy atom. The van der Waals surface area contributed by atoms with E-state index in [1.807, 2.05) is 63.2 Å². The standard InChI is InChI=1S/C20H24N2O4S/c1-4-25-16-5-7-18(8-6-16)27-13-20(24)22-21-19(23)12-26-17-10-14(2)9-15(3)11-17/h5-11H,4,12-13H2,1-3H3,(H,21,23)(H,22,24). The summed E-state index contributed by atoms with van der Waals surface area (Å²) < 4.78 is 10.8. The Hall–Kier alpha value is -2.67. The Labute approximate surface area is 163 Å². The third kappa shape index (κ3) is 7.62. The summed E-state index contributed by atoms with van der Waals surface area (Å²) in [6.07, 6.45) is 0. The van der Waals surface area contributed by atoms with Crippen LogP contribution in [0.4, 0.5) is 0 Å². The van der Waals surface area contributed by atoms with Crippen molar-refractivity contribution in [1.82, 2.24) is 10.9 Å². The fraction of sp³-hybridized carbons (Fsp3) is 0.300. The first kappa shape index (κ1) is 20.6. The number of benzene rings is 2. The van der Waals surface area contributed by atoms with E-state index < -0.39 is 5.91 Å². The van der Waals surface area contributed by atoms with Gasteiger partial charge in [0, 0.05) is 4.90 Å². The van der Waals surface area contributed by atoms with Crippen molar-refractivity contribution in [3.63, 3.8) is 0 Å². The highest BCUT2D eigenvalue weighted by molar-refractivity contribution is 8.00. The lowest BCUT2D eigenvalue weighted by Gasteiger charge is -2.10. The number of nitrogens with one attached hydrogen (secondary N) is 2. The van der Waals surface area contributed by atoms with Crippen molar-refractivity contribution in [2.24, 2.45) is 0 Å². The smallest absolute Gasteiger partial charge is 0.276 e. The van der Waals surface area contributed by atoms with Crippen LogP contribution < -0.4 is 20.3 Å². The lowest BCUT2D eigenvalue weighted by molar-refractivity contribution is -0.128. The number of rotatable bonds is 8. The molecule has 0 saturated heterocycles. The summed E-state index contributed by atoms with van der Waals surface area (Å²) in [5.74, 6) is 0.885. The van der Waals surface area contributed by atoms with Gasteiger partial charge in [-0.05, 0) is 68.3 Å². The first-order valence-electron chi connectivity index (χ1n) is 8.60. The second-order valence-electron chi connectivity index (χ2n) is 5.90. The van der Waals surface area contributed by atoms with E-state index in [2.05, 4.69) is 10.9 Å². The molecule has 7 heteroatoms. The van der Waals surface area contributed by atoms with E-state index in [0.29, 0.717) is 12.4 Å². The topological polar surface area (TPSA) is 76.7 Å². The van der Waals surface area contributed by atoms with Crippen LogP contribution in [-0.2, 0) is 9.59 Å². The van der Waals surface area contributed by atoms with Gasteiger partial charge in [0.05, 0.1) is 12.4 Å². The zero-order valence-corrected chi connectivity index (χ0v) is 16.5. The van der Waals surface area contributed by atoms with Crippen molar-refractivity contribution in [2.45, 2.75) is 25.7 Å². The molecular weight excluding hydrogens is 364 g/mol. The zero-order chi connectivity index (χ0) is 19.6. The second kappa shape index (κ2) is 10.5. The Bertz CT molecular complexity index is 758. The van der Waals surface area contributed by atoms with Gasteiger partial charge in [-0.25, -0.2) is 0 Å². The molecule has 0 spiro atoms. The first-order chi connectivity index (χ1) is 13.0. The van der Waals surface area contributed by atoms with Gasteiger partial charge in [-0.2, -0.15) is 0 Å². The van der Waals surface area contributed by atoms with E-state index in [1.165, 1.54) is 11.8 Å². The van der Waals surface area contributed by atoms with Gasteiger partial charge in [0.1, 0.15) is 11.5 Å². The highest BCUT2D eigenvalue weighted by atomic mass is 32.2. The molecule has 2 amide bonds. The van der Waals surface area contributed by atoms with Gasteiger partial charge in [0.2, 0.25) is 5.91 Å².